The van der Waals surface area contributed by atoms with E-state index in [0.29, 0.717) is 12.6 Å². The van der Waals surface area contributed by atoms with Gasteiger partial charge < -0.3 is 14.8 Å². The Morgan fingerprint density at radius 2 is 1.97 bits per heavy atom. The Kier molecular flexibility index (Phi) is 5.91. The van der Waals surface area contributed by atoms with Crippen molar-refractivity contribution in [2.75, 3.05) is 25.6 Å². The number of nitrogens with zero attached hydrogens (tertiary/aromatic N) is 3. The number of benzene rings is 2. The van der Waals surface area contributed by atoms with Crippen LogP contribution in [0.3, 0.4) is 0 Å². The SMILES string of the molecule is CCOc1cccc(CN2CCc3nc(Nc4ccc(OC)cc4)ncc3C2)c1. The lowest BCUT2D eigenvalue weighted by molar-refractivity contribution is 0.242. The first-order chi connectivity index (χ1) is 14.2. The second kappa shape index (κ2) is 8.92. The highest BCUT2D eigenvalue weighted by atomic mass is 16.5. The molecule has 29 heavy (non-hydrogen) atoms. The molecule has 6 heteroatoms. The third kappa shape index (κ3) is 4.84. The van der Waals surface area contributed by atoms with Crippen molar-refractivity contribution >= 4 is 11.6 Å². The quantitative estimate of drug-likeness (QED) is 0.653. The van der Waals surface area contributed by atoms with Crippen LogP contribution in [0.5, 0.6) is 11.5 Å². The fraction of sp³-hybridized carbons (Fsp3) is 0.304. The first kappa shape index (κ1) is 19.2. The molecule has 0 saturated carbocycles. The van der Waals surface area contributed by atoms with E-state index in [9.17, 15) is 0 Å². The van der Waals surface area contributed by atoms with Crippen molar-refractivity contribution in [2.24, 2.45) is 0 Å². The van der Waals surface area contributed by atoms with Crippen LogP contribution in [0.1, 0.15) is 23.7 Å². The van der Waals surface area contributed by atoms with Gasteiger partial charge >= 0.3 is 0 Å². The molecule has 0 saturated heterocycles. The number of ether oxygens (including phenoxy) is 2. The van der Waals surface area contributed by atoms with Gasteiger partial charge in [-0.05, 0) is 48.9 Å². The number of nitrogens with one attached hydrogen (secondary N) is 1. The van der Waals surface area contributed by atoms with Crippen LogP contribution < -0.4 is 14.8 Å². The van der Waals surface area contributed by atoms with Gasteiger partial charge in [0.15, 0.2) is 0 Å². The van der Waals surface area contributed by atoms with E-state index < -0.39 is 0 Å². The standard InChI is InChI=1S/C23H26N4O2/c1-3-29-21-6-4-5-17(13-21)15-27-12-11-22-18(16-27)14-24-23(26-22)25-19-7-9-20(28-2)10-8-19/h4-10,13-14H,3,11-12,15-16H2,1-2H3,(H,24,25,26). The topological polar surface area (TPSA) is 59.5 Å². The van der Waals surface area contributed by atoms with Gasteiger partial charge in [0.1, 0.15) is 11.5 Å². The predicted molar refractivity (Wildman–Crippen MR) is 114 cm³/mol. The summed E-state index contributed by atoms with van der Waals surface area (Å²) >= 11 is 0. The highest BCUT2D eigenvalue weighted by molar-refractivity contribution is 5.54. The summed E-state index contributed by atoms with van der Waals surface area (Å²) in [5.41, 5.74) is 4.52. The highest BCUT2D eigenvalue weighted by Gasteiger charge is 2.19. The molecule has 0 unspecified atom stereocenters. The third-order valence-electron chi connectivity index (χ3n) is 4.97. The van der Waals surface area contributed by atoms with Crippen molar-refractivity contribution < 1.29 is 9.47 Å². The molecule has 2 heterocycles. The Morgan fingerprint density at radius 3 is 2.76 bits per heavy atom. The monoisotopic (exact) mass is 390 g/mol. The summed E-state index contributed by atoms with van der Waals surface area (Å²) in [6, 6.07) is 16.1. The molecule has 0 amide bonds. The van der Waals surface area contributed by atoms with Crippen LogP contribution >= 0.6 is 0 Å². The Hall–Kier alpha value is -3.12. The molecule has 1 N–H and O–H groups in total. The molecule has 4 rings (SSSR count). The Labute approximate surface area is 171 Å². The van der Waals surface area contributed by atoms with Crippen molar-refractivity contribution in [3.8, 4) is 11.5 Å². The predicted octanol–water partition coefficient (Wildman–Crippen LogP) is 4.19. The van der Waals surface area contributed by atoms with Gasteiger partial charge in [-0.1, -0.05) is 12.1 Å². The molecule has 0 radical (unpaired) electrons. The zero-order valence-electron chi connectivity index (χ0n) is 16.9. The normalized spacial score (nSPS) is 13.6. The number of aromatic nitrogens is 2. The van der Waals surface area contributed by atoms with Crippen LogP contribution in [0.15, 0.2) is 54.7 Å². The molecule has 6 nitrogen and oxygen atoms in total. The van der Waals surface area contributed by atoms with Crippen molar-refractivity contribution in [2.45, 2.75) is 26.4 Å². The van der Waals surface area contributed by atoms with Crippen LogP contribution in [0.4, 0.5) is 11.6 Å². The molecule has 0 atom stereocenters. The fourth-order valence-corrected chi connectivity index (χ4v) is 3.53. The average Bonchev–Trinajstić information content (AvgIpc) is 2.75. The first-order valence-corrected chi connectivity index (χ1v) is 9.93. The van der Waals surface area contributed by atoms with Crippen molar-refractivity contribution in [3.63, 3.8) is 0 Å². The molecule has 0 spiro atoms. The molecule has 2 aromatic carbocycles. The minimum Gasteiger partial charge on any atom is -0.497 e. The van der Waals surface area contributed by atoms with E-state index in [2.05, 4.69) is 33.4 Å². The second-order valence-corrected chi connectivity index (χ2v) is 7.06. The minimum absolute atomic E-state index is 0.631. The zero-order valence-corrected chi connectivity index (χ0v) is 16.9. The molecule has 0 bridgehead atoms. The molecule has 150 valence electrons. The van der Waals surface area contributed by atoms with E-state index in [1.807, 2.05) is 43.5 Å². The summed E-state index contributed by atoms with van der Waals surface area (Å²) in [6.45, 7) is 5.42. The Bertz CT molecular complexity index is 959. The van der Waals surface area contributed by atoms with Gasteiger partial charge in [-0.15, -0.1) is 0 Å². The van der Waals surface area contributed by atoms with Crippen molar-refractivity contribution in [3.05, 3.63) is 71.5 Å². The molecule has 1 aromatic heterocycles. The molecule has 3 aromatic rings. The van der Waals surface area contributed by atoms with Gasteiger partial charge in [0.2, 0.25) is 5.95 Å². The number of fused-ring (bicyclic) bond motifs is 1. The maximum absolute atomic E-state index is 5.61. The van der Waals surface area contributed by atoms with Crippen LogP contribution in [0, 0.1) is 0 Å². The van der Waals surface area contributed by atoms with Crippen LogP contribution in [-0.2, 0) is 19.5 Å². The number of hydrogen-bond donors (Lipinski definition) is 1. The summed E-state index contributed by atoms with van der Waals surface area (Å²) in [5, 5.41) is 3.27. The van der Waals surface area contributed by atoms with E-state index in [1.165, 1.54) is 11.1 Å². The Balaban J connectivity index is 1.40. The summed E-state index contributed by atoms with van der Waals surface area (Å²) in [4.78, 5) is 11.7. The van der Waals surface area contributed by atoms with E-state index >= 15 is 0 Å². The highest BCUT2D eigenvalue weighted by Crippen LogP contribution is 2.23. The number of rotatable bonds is 7. The Morgan fingerprint density at radius 1 is 1.10 bits per heavy atom. The number of hydrogen-bond acceptors (Lipinski definition) is 6. The van der Waals surface area contributed by atoms with Crippen LogP contribution in [0.2, 0.25) is 0 Å². The molecule has 1 aliphatic heterocycles. The lowest BCUT2D eigenvalue weighted by Gasteiger charge is -2.28. The first-order valence-electron chi connectivity index (χ1n) is 9.93. The third-order valence-corrected chi connectivity index (χ3v) is 4.97. The van der Waals surface area contributed by atoms with E-state index in [0.717, 1.165) is 48.9 Å². The molecular formula is C23H26N4O2. The summed E-state index contributed by atoms with van der Waals surface area (Å²) in [5.74, 6) is 2.39. The lowest BCUT2D eigenvalue weighted by Crippen LogP contribution is -2.31. The number of anilines is 2. The van der Waals surface area contributed by atoms with Crippen LogP contribution in [0.25, 0.3) is 0 Å². The molecule has 1 aliphatic rings. The summed E-state index contributed by atoms with van der Waals surface area (Å²) < 4.78 is 10.8. The minimum atomic E-state index is 0.631. The molecule has 0 aliphatic carbocycles. The largest absolute Gasteiger partial charge is 0.497 e. The van der Waals surface area contributed by atoms with Crippen molar-refractivity contribution in [1.29, 1.82) is 0 Å². The average molecular weight is 390 g/mol. The van der Waals surface area contributed by atoms with Crippen LogP contribution in [-0.4, -0.2) is 35.1 Å². The summed E-state index contributed by atoms with van der Waals surface area (Å²) in [7, 11) is 1.66. The maximum Gasteiger partial charge on any atom is 0.227 e. The smallest absolute Gasteiger partial charge is 0.227 e. The number of methoxy groups -OCH3 is 1. The fourth-order valence-electron chi connectivity index (χ4n) is 3.53. The van der Waals surface area contributed by atoms with Gasteiger partial charge in [-0.25, -0.2) is 9.97 Å². The molecular weight excluding hydrogens is 364 g/mol. The molecule has 0 fully saturated rings. The van der Waals surface area contributed by atoms with Gasteiger partial charge in [0, 0.05) is 43.5 Å². The zero-order chi connectivity index (χ0) is 20.1. The second-order valence-electron chi connectivity index (χ2n) is 7.06. The van der Waals surface area contributed by atoms with E-state index in [-0.39, 0.29) is 0 Å². The van der Waals surface area contributed by atoms with Gasteiger partial charge in [-0.2, -0.15) is 0 Å². The van der Waals surface area contributed by atoms with E-state index in [1.54, 1.807) is 7.11 Å². The lowest BCUT2D eigenvalue weighted by atomic mass is 10.1. The van der Waals surface area contributed by atoms with Gasteiger partial charge in [0.05, 0.1) is 19.4 Å². The van der Waals surface area contributed by atoms with Gasteiger partial charge in [0.25, 0.3) is 0 Å². The van der Waals surface area contributed by atoms with E-state index in [4.69, 9.17) is 14.5 Å². The van der Waals surface area contributed by atoms with Gasteiger partial charge in [-0.3, -0.25) is 4.90 Å². The maximum atomic E-state index is 5.61. The summed E-state index contributed by atoms with van der Waals surface area (Å²) in [6.07, 6.45) is 2.86. The van der Waals surface area contributed by atoms with Crippen molar-refractivity contribution in [1.82, 2.24) is 14.9 Å².